The lowest BCUT2D eigenvalue weighted by atomic mass is 9.89. The van der Waals surface area contributed by atoms with E-state index in [1.807, 2.05) is 27.0 Å². The van der Waals surface area contributed by atoms with Crippen molar-refractivity contribution in [3.63, 3.8) is 0 Å². The number of hydrogen-bond donors (Lipinski definition) is 0. The van der Waals surface area contributed by atoms with Crippen molar-refractivity contribution in [3.8, 4) is 11.4 Å². The van der Waals surface area contributed by atoms with Crippen LogP contribution in [0.25, 0.3) is 17.0 Å². The van der Waals surface area contributed by atoms with Gasteiger partial charge in [-0.25, -0.2) is 9.48 Å². The topological polar surface area (TPSA) is 88.4 Å². The lowest BCUT2D eigenvalue weighted by molar-refractivity contribution is -0.169. The van der Waals surface area contributed by atoms with E-state index in [9.17, 15) is 4.79 Å². The van der Waals surface area contributed by atoms with Crippen molar-refractivity contribution in [3.05, 3.63) is 46.8 Å². The molecule has 3 heterocycles. The van der Waals surface area contributed by atoms with Crippen molar-refractivity contribution in [1.29, 1.82) is 0 Å². The maximum Gasteiger partial charge on any atom is 0.331 e. The van der Waals surface area contributed by atoms with Crippen molar-refractivity contribution >= 4 is 11.5 Å². The highest BCUT2D eigenvalue weighted by Crippen LogP contribution is 2.32. The molecule has 1 atom stereocenters. The molecule has 1 fully saturated rings. The lowest BCUT2D eigenvalue weighted by Crippen LogP contribution is -2.22. The van der Waals surface area contributed by atoms with Gasteiger partial charge in [0.1, 0.15) is 5.69 Å². The van der Waals surface area contributed by atoms with Crippen LogP contribution in [0.4, 0.5) is 0 Å². The van der Waals surface area contributed by atoms with Gasteiger partial charge < -0.3 is 14.2 Å². The first-order chi connectivity index (χ1) is 16.0. The SMILES string of the molecule is CCOC(=O)/C=C1\C=C(c2ccc(-c3nnn(C)c3COC3CCCCO3)nc2C)CCC1. The molecule has 2 aliphatic rings. The molecule has 2 aromatic heterocycles. The molecule has 0 aromatic carbocycles. The molecule has 8 heteroatoms. The van der Waals surface area contributed by atoms with Crippen LogP contribution in [-0.2, 0) is 32.7 Å². The monoisotopic (exact) mass is 452 g/mol. The highest BCUT2D eigenvalue weighted by molar-refractivity contribution is 5.84. The Bertz CT molecular complexity index is 1050. The van der Waals surface area contributed by atoms with Crippen molar-refractivity contribution < 1.29 is 19.0 Å². The van der Waals surface area contributed by atoms with Gasteiger partial charge in [-0.05, 0) is 75.1 Å². The number of aromatic nitrogens is 4. The molecule has 0 amide bonds. The van der Waals surface area contributed by atoms with Gasteiger partial charge in [-0.2, -0.15) is 0 Å². The van der Waals surface area contributed by atoms with Crippen LogP contribution in [0.15, 0.2) is 29.9 Å². The van der Waals surface area contributed by atoms with Crippen molar-refractivity contribution in [2.45, 2.75) is 65.3 Å². The lowest BCUT2D eigenvalue weighted by Gasteiger charge is -2.22. The van der Waals surface area contributed by atoms with E-state index in [1.165, 1.54) is 5.57 Å². The Labute approximate surface area is 194 Å². The predicted octanol–water partition coefficient (Wildman–Crippen LogP) is 4.29. The normalized spacial score (nSPS) is 20.0. The molecule has 1 saturated heterocycles. The molecule has 0 saturated carbocycles. The molecule has 1 aliphatic carbocycles. The minimum atomic E-state index is -0.286. The van der Waals surface area contributed by atoms with Gasteiger partial charge in [-0.1, -0.05) is 17.4 Å². The fourth-order valence-electron chi connectivity index (χ4n) is 4.30. The number of pyridine rings is 1. The number of carbonyl (C=O) groups excluding carboxylic acids is 1. The summed E-state index contributed by atoms with van der Waals surface area (Å²) in [6, 6.07) is 4.07. The first-order valence-corrected chi connectivity index (χ1v) is 11.7. The number of ether oxygens (including phenoxy) is 3. The van der Waals surface area contributed by atoms with Gasteiger partial charge in [0.15, 0.2) is 6.29 Å². The van der Waals surface area contributed by atoms with Gasteiger partial charge in [-0.15, -0.1) is 5.10 Å². The van der Waals surface area contributed by atoms with Crippen LogP contribution in [0.1, 0.15) is 62.4 Å². The maximum absolute atomic E-state index is 11.8. The summed E-state index contributed by atoms with van der Waals surface area (Å²) in [7, 11) is 1.86. The van der Waals surface area contributed by atoms with E-state index in [0.29, 0.717) is 13.2 Å². The first-order valence-electron chi connectivity index (χ1n) is 11.7. The molecule has 4 rings (SSSR count). The minimum Gasteiger partial charge on any atom is -0.463 e. The molecule has 1 aliphatic heterocycles. The Morgan fingerprint density at radius 2 is 2.15 bits per heavy atom. The fourth-order valence-corrected chi connectivity index (χ4v) is 4.30. The van der Waals surface area contributed by atoms with Crippen molar-refractivity contribution in [1.82, 2.24) is 20.0 Å². The Morgan fingerprint density at radius 3 is 2.91 bits per heavy atom. The molecule has 0 bridgehead atoms. The van der Waals surface area contributed by atoms with Gasteiger partial charge in [-0.3, -0.25) is 4.98 Å². The second kappa shape index (κ2) is 10.9. The van der Waals surface area contributed by atoms with E-state index in [2.05, 4.69) is 22.5 Å². The van der Waals surface area contributed by atoms with E-state index in [1.54, 1.807) is 10.8 Å². The summed E-state index contributed by atoms with van der Waals surface area (Å²) in [4.78, 5) is 16.7. The largest absolute Gasteiger partial charge is 0.463 e. The van der Waals surface area contributed by atoms with Crippen molar-refractivity contribution in [2.75, 3.05) is 13.2 Å². The molecule has 1 unspecified atom stereocenters. The van der Waals surface area contributed by atoms with E-state index in [-0.39, 0.29) is 12.3 Å². The van der Waals surface area contributed by atoms with E-state index >= 15 is 0 Å². The third-order valence-corrected chi connectivity index (χ3v) is 6.02. The zero-order valence-electron chi connectivity index (χ0n) is 19.7. The third kappa shape index (κ3) is 5.75. The molecule has 2 aromatic rings. The molecule has 0 N–H and O–H groups in total. The first kappa shape index (κ1) is 23.3. The number of hydrogen-bond acceptors (Lipinski definition) is 7. The van der Waals surface area contributed by atoms with Crippen LogP contribution >= 0.6 is 0 Å². The van der Waals surface area contributed by atoms with Crippen LogP contribution in [0.2, 0.25) is 0 Å². The smallest absolute Gasteiger partial charge is 0.331 e. The zero-order chi connectivity index (χ0) is 23.2. The number of esters is 1. The second-order valence-corrected chi connectivity index (χ2v) is 8.44. The molecule has 176 valence electrons. The van der Waals surface area contributed by atoms with Crippen LogP contribution in [0.3, 0.4) is 0 Å². The number of carbonyl (C=O) groups is 1. The molecule has 8 nitrogen and oxygen atoms in total. The minimum absolute atomic E-state index is 0.173. The average molecular weight is 453 g/mol. The predicted molar refractivity (Wildman–Crippen MR) is 124 cm³/mol. The quantitative estimate of drug-likeness (QED) is 0.457. The van der Waals surface area contributed by atoms with Crippen LogP contribution < -0.4 is 0 Å². The summed E-state index contributed by atoms with van der Waals surface area (Å²) >= 11 is 0. The van der Waals surface area contributed by atoms with Crippen LogP contribution in [-0.4, -0.2) is 45.5 Å². The zero-order valence-corrected chi connectivity index (χ0v) is 19.7. The molecular weight excluding hydrogens is 420 g/mol. The van der Waals surface area contributed by atoms with E-state index in [0.717, 1.165) is 79.0 Å². The standard InChI is InChI=1S/C25H32N4O4/c1-4-31-23(30)15-18-8-7-9-19(14-18)20-11-12-21(26-17(20)2)25-22(29(3)28-27-25)16-33-24-10-5-6-13-32-24/h11-12,14-15,24H,4-10,13,16H2,1-3H3/b18-15-. The van der Waals surface area contributed by atoms with Crippen LogP contribution in [0.5, 0.6) is 0 Å². The average Bonchev–Trinajstić information content (AvgIpc) is 3.19. The molecular formula is C25H32N4O4. The Balaban J connectivity index is 1.53. The van der Waals surface area contributed by atoms with E-state index < -0.39 is 0 Å². The van der Waals surface area contributed by atoms with Gasteiger partial charge in [0.25, 0.3) is 0 Å². The third-order valence-electron chi connectivity index (χ3n) is 6.02. The summed E-state index contributed by atoms with van der Waals surface area (Å²) in [5.41, 5.74) is 6.56. The van der Waals surface area contributed by atoms with Crippen LogP contribution in [0, 0.1) is 6.92 Å². The van der Waals surface area contributed by atoms with Crippen molar-refractivity contribution in [2.24, 2.45) is 7.05 Å². The van der Waals surface area contributed by atoms with E-state index in [4.69, 9.17) is 19.2 Å². The van der Waals surface area contributed by atoms with Gasteiger partial charge >= 0.3 is 5.97 Å². The Kier molecular flexibility index (Phi) is 7.67. The maximum atomic E-state index is 11.8. The number of aryl methyl sites for hydroxylation is 2. The Hall–Kier alpha value is -2.84. The number of allylic oxidation sites excluding steroid dienone is 3. The van der Waals surface area contributed by atoms with Gasteiger partial charge in [0, 0.05) is 25.4 Å². The van der Waals surface area contributed by atoms with Gasteiger partial charge in [0.05, 0.1) is 24.6 Å². The highest BCUT2D eigenvalue weighted by atomic mass is 16.7. The number of rotatable bonds is 7. The summed E-state index contributed by atoms with van der Waals surface area (Å²) in [6.45, 7) is 5.32. The molecule has 0 radical (unpaired) electrons. The summed E-state index contributed by atoms with van der Waals surface area (Å²) in [5, 5.41) is 8.54. The summed E-state index contributed by atoms with van der Waals surface area (Å²) in [6.07, 6.45) is 9.46. The highest BCUT2D eigenvalue weighted by Gasteiger charge is 2.20. The number of nitrogens with zero attached hydrogens (tertiary/aromatic N) is 4. The van der Waals surface area contributed by atoms with Gasteiger partial charge in [0.2, 0.25) is 0 Å². The fraction of sp³-hybridized carbons (Fsp3) is 0.520. The molecule has 0 spiro atoms. The molecule has 33 heavy (non-hydrogen) atoms. The summed E-state index contributed by atoms with van der Waals surface area (Å²) < 4.78 is 18.4. The second-order valence-electron chi connectivity index (χ2n) is 8.44. The Morgan fingerprint density at radius 1 is 1.27 bits per heavy atom. The summed E-state index contributed by atoms with van der Waals surface area (Å²) in [5.74, 6) is -0.286.